The maximum atomic E-state index is 11.3. The van der Waals surface area contributed by atoms with Gasteiger partial charge in [-0.2, -0.15) is 0 Å². The molecule has 1 unspecified atom stereocenters. The molecule has 6 heteroatoms. The maximum Gasteiger partial charge on any atom is 0.308 e. The lowest BCUT2D eigenvalue weighted by Gasteiger charge is -2.08. The Labute approximate surface area is 106 Å². The third kappa shape index (κ3) is 5.65. The number of hydrogen-bond acceptors (Lipinski definition) is 3. The molecule has 3 N–H and O–H groups in total. The number of carbonyl (C=O) groups excluding carboxylic acids is 2. The molecule has 6 nitrogen and oxygen atoms in total. The van der Waals surface area contributed by atoms with Gasteiger partial charge in [-0.05, 0) is 19.3 Å². The van der Waals surface area contributed by atoms with Crippen LogP contribution in [0.25, 0.3) is 0 Å². The maximum absolute atomic E-state index is 11.3. The van der Waals surface area contributed by atoms with Crippen molar-refractivity contribution in [2.24, 2.45) is 11.8 Å². The van der Waals surface area contributed by atoms with Crippen LogP contribution in [0, 0.1) is 11.8 Å². The van der Waals surface area contributed by atoms with E-state index >= 15 is 0 Å². The van der Waals surface area contributed by atoms with E-state index in [1.165, 1.54) is 0 Å². The zero-order valence-electron chi connectivity index (χ0n) is 10.6. The molecule has 0 spiro atoms. The van der Waals surface area contributed by atoms with Crippen LogP contribution in [0.4, 0.5) is 0 Å². The van der Waals surface area contributed by atoms with Gasteiger partial charge in [0.25, 0.3) is 0 Å². The molecule has 1 rings (SSSR count). The van der Waals surface area contributed by atoms with Crippen LogP contribution in [0.3, 0.4) is 0 Å². The van der Waals surface area contributed by atoms with E-state index in [9.17, 15) is 14.4 Å². The number of nitrogens with one attached hydrogen (secondary N) is 2. The molecule has 1 atom stereocenters. The molecule has 1 fully saturated rings. The van der Waals surface area contributed by atoms with Crippen molar-refractivity contribution in [1.82, 2.24) is 10.6 Å². The Bertz CT molecular complexity index is 326. The monoisotopic (exact) mass is 256 g/mol. The molecule has 0 heterocycles. The van der Waals surface area contributed by atoms with Crippen LogP contribution >= 0.6 is 0 Å². The fourth-order valence-electron chi connectivity index (χ4n) is 1.39. The molecule has 0 aromatic rings. The molecule has 2 amide bonds. The molecule has 0 bridgehead atoms. The summed E-state index contributed by atoms with van der Waals surface area (Å²) in [7, 11) is 0. The summed E-state index contributed by atoms with van der Waals surface area (Å²) in [5.74, 6) is -1.41. The fraction of sp³-hybridized carbons (Fsp3) is 0.750. The molecule has 1 aliphatic carbocycles. The number of rotatable bonds is 8. The van der Waals surface area contributed by atoms with Gasteiger partial charge in [-0.3, -0.25) is 14.4 Å². The molecule has 0 aromatic heterocycles. The number of carbonyl (C=O) groups is 3. The first-order valence-corrected chi connectivity index (χ1v) is 6.28. The van der Waals surface area contributed by atoms with Crippen molar-refractivity contribution in [1.29, 1.82) is 0 Å². The quantitative estimate of drug-likeness (QED) is 0.538. The molecule has 1 aliphatic rings. The van der Waals surface area contributed by atoms with Gasteiger partial charge >= 0.3 is 5.97 Å². The summed E-state index contributed by atoms with van der Waals surface area (Å²) in [6, 6.07) is 0. The topological polar surface area (TPSA) is 95.5 Å². The Morgan fingerprint density at radius 1 is 1.28 bits per heavy atom. The van der Waals surface area contributed by atoms with Gasteiger partial charge in [-0.15, -0.1) is 0 Å². The van der Waals surface area contributed by atoms with Crippen LogP contribution in [0.1, 0.15) is 32.6 Å². The van der Waals surface area contributed by atoms with Crippen molar-refractivity contribution in [3.8, 4) is 0 Å². The Balaban J connectivity index is 1.99. The van der Waals surface area contributed by atoms with E-state index in [4.69, 9.17) is 5.11 Å². The third-order valence-corrected chi connectivity index (χ3v) is 2.85. The molecular formula is C12H20N2O4. The summed E-state index contributed by atoms with van der Waals surface area (Å²) in [6.45, 7) is 2.18. The first-order chi connectivity index (χ1) is 8.50. The van der Waals surface area contributed by atoms with E-state index < -0.39 is 11.9 Å². The summed E-state index contributed by atoms with van der Waals surface area (Å²) < 4.78 is 0. The van der Waals surface area contributed by atoms with Crippen LogP contribution in [0.5, 0.6) is 0 Å². The van der Waals surface area contributed by atoms with Crippen LogP contribution in [-0.2, 0) is 14.4 Å². The lowest BCUT2D eigenvalue weighted by Crippen LogP contribution is -2.32. The molecule has 0 saturated heterocycles. The number of aliphatic carboxylic acids is 1. The number of hydrogen-bond donors (Lipinski definition) is 3. The predicted molar refractivity (Wildman–Crippen MR) is 64.8 cm³/mol. The second-order valence-corrected chi connectivity index (χ2v) is 4.71. The molecule has 1 saturated carbocycles. The van der Waals surface area contributed by atoms with E-state index in [1.807, 2.05) is 0 Å². The summed E-state index contributed by atoms with van der Waals surface area (Å²) >= 11 is 0. The van der Waals surface area contributed by atoms with E-state index in [0.717, 1.165) is 12.8 Å². The SMILES string of the molecule is CC(CNC(=O)CCCNC(=O)C1CC1)C(=O)O. The highest BCUT2D eigenvalue weighted by atomic mass is 16.4. The largest absolute Gasteiger partial charge is 0.481 e. The van der Waals surface area contributed by atoms with Crippen molar-refractivity contribution in [2.45, 2.75) is 32.6 Å². The number of carboxylic acid groups (broad SMARTS) is 1. The van der Waals surface area contributed by atoms with E-state index in [1.54, 1.807) is 6.92 Å². The normalized spacial score (nSPS) is 15.8. The Hall–Kier alpha value is -1.59. The first kappa shape index (κ1) is 14.5. The first-order valence-electron chi connectivity index (χ1n) is 6.28. The minimum absolute atomic E-state index is 0.0786. The van der Waals surface area contributed by atoms with Gasteiger partial charge in [0.05, 0.1) is 5.92 Å². The van der Waals surface area contributed by atoms with Gasteiger partial charge in [-0.25, -0.2) is 0 Å². The average Bonchev–Trinajstić information content (AvgIpc) is 3.15. The molecular weight excluding hydrogens is 236 g/mol. The highest BCUT2D eigenvalue weighted by molar-refractivity contribution is 5.81. The predicted octanol–water partition coefficient (Wildman–Crippen LogP) is 0.130. The van der Waals surface area contributed by atoms with Crippen molar-refractivity contribution in [3.63, 3.8) is 0 Å². The second kappa shape index (κ2) is 6.98. The van der Waals surface area contributed by atoms with Gasteiger partial charge in [0, 0.05) is 25.4 Å². The highest BCUT2D eigenvalue weighted by Crippen LogP contribution is 2.28. The summed E-state index contributed by atoms with van der Waals surface area (Å²) in [4.78, 5) is 33.1. The average molecular weight is 256 g/mol. The lowest BCUT2D eigenvalue weighted by atomic mass is 10.2. The van der Waals surface area contributed by atoms with E-state index in [2.05, 4.69) is 10.6 Å². The van der Waals surface area contributed by atoms with Crippen LogP contribution < -0.4 is 10.6 Å². The molecule has 0 radical (unpaired) electrons. The van der Waals surface area contributed by atoms with Crippen LogP contribution in [0.2, 0.25) is 0 Å². The van der Waals surface area contributed by atoms with Crippen molar-refractivity contribution in [3.05, 3.63) is 0 Å². The lowest BCUT2D eigenvalue weighted by molar-refractivity contribution is -0.141. The van der Waals surface area contributed by atoms with E-state index in [-0.39, 0.29) is 24.3 Å². The molecule has 0 aliphatic heterocycles. The minimum Gasteiger partial charge on any atom is -0.481 e. The number of amides is 2. The fourth-order valence-corrected chi connectivity index (χ4v) is 1.39. The van der Waals surface area contributed by atoms with Gasteiger partial charge in [-0.1, -0.05) is 6.92 Å². The van der Waals surface area contributed by atoms with Crippen molar-refractivity contribution in [2.75, 3.05) is 13.1 Å². The van der Waals surface area contributed by atoms with Crippen LogP contribution in [0.15, 0.2) is 0 Å². The Kier molecular flexibility index (Phi) is 5.61. The summed E-state index contributed by atoms with van der Waals surface area (Å²) in [5, 5.41) is 14.0. The van der Waals surface area contributed by atoms with Crippen LogP contribution in [-0.4, -0.2) is 36.0 Å². The Morgan fingerprint density at radius 2 is 1.94 bits per heavy atom. The van der Waals surface area contributed by atoms with Gasteiger partial charge in [0.15, 0.2) is 0 Å². The van der Waals surface area contributed by atoms with E-state index in [0.29, 0.717) is 19.4 Å². The molecule has 0 aromatic carbocycles. The second-order valence-electron chi connectivity index (χ2n) is 4.71. The third-order valence-electron chi connectivity index (χ3n) is 2.85. The summed E-state index contributed by atoms with van der Waals surface area (Å²) in [5.41, 5.74) is 0. The summed E-state index contributed by atoms with van der Waals surface area (Å²) in [6.07, 6.45) is 2.82. The Morgan fingerprint density at radius 3 is 2.50 bits per heavy atom. The van der Waals surface area contributed by atoms with Gasteiger partial charge < -0.3 is 15.7 Å². The zero-order valence-corrected chi connectivity index (χ0v) is 10.6. The minimum atomic E-state index is -0.924. The van der Waals surface area contributed by atoms with Crippen molar-refractivity contribution < 1.29 is 19.5 Å². The van der Waals surface area contributed by atoms with Gasteiger partial charge in [0.1, 0.15) is 0 Å². The molecule has 18 heavy (non-hydrogen) atoms. The smallest absolute Gasteiger partial charge is 0.308 e. The van der Waals surface area contributed by atoms with Gasteiger partial charge in [0.2, 0.25) is 11.8 Å². The molecule has 102 valence electrons. The zero-order chi connectivity index (χ0) is 13.5. The number of carboxylic acids is 1. The highest BCUT2D eigenvalue weighted by Gasteiger charge is 2.28. The standard InChI is InChI=1S/C12H20N2O4/c1-8(12(17)18)7-14-10(15)3-2-6-13-11(16)9-4-5-9/h8-9H,2-7H2,1H3,(H,13,16)(H,14,15)(H,17,18). The van der Waals surface area contributed by atoms with Crippen molar-refractivity contribution >= 4 is 17.8 Å².